The Morgan fingerprint density at radius 2 is 1.63 bits per heavy atom. The fourth-order valence-electron chi connectivity index (χ4n) is 2.61. The molecule has 0 spiro atoms. The van der Waals surface area contributed by atoms with E-state index in [2.05, 4.69) is 10.6 Å². The Morgan fingerprint density at radius 1 is 0.900 bits per heavy atom. The lowest BCUT2D eigenvalue weighted by Crippen LogP contribution is -2.19. The molecule has 0 saturated heterocycles. The summed E-state index contributed by atoms with van der Waals surface area (Å²) in [6.07, 6.45) is 0. The largest absolute Gasteiger partial charge is 0.366 e. The number of benzene rings is 3. The summed E-state index contributed by atoms with van der Waals surface area (Å²) in [5.41, 5.74) is 6.79. The van der Waals surface area contributed by atoms with E-state index in [1.807, 2.05) is 6.07 Å². The Hall–Kier alpha value is -3.65. The summed E-state index contributed by atoms with van der Waals surface area (Å²) in [7, 11) is 0. The number of primary amides is 1. The van der Waals surface area contributed by atoms with Gasteiger partial charge in [-0.2, -0.15) is 0 Å². The fourth-order valence-corrected chi connectivity index (χ4v) is 3.37. The first-order valence-corrected chi connectivity index (χ1v) is 9.89. The minimum absolute atomic E-state index is 0.0997. The number of hydrogen-bond donors (Lipinski definition) is 3. The lowest BCUT2D eigenvalue weighted by molar-refractivity contribution is -0.113. The van der Waals surface area contributed by atoms with Gasteiger partial charge in [-0.1, -0.05) is 18.2 Å². The van der Waals surface area contributed by atoms with Crippen LogP contribution in [0.25, 0.3) is 0 Å². The van der Waals surface area contributed by atoms with Crippen LogP contribution in [0.4, 0.5) is 15.8 Å². The molecule has 0 aliphatic rings. The van der Waals surface area contributed by atoms with Crippen LogP contribution < -0.4 is 16.4 Å². The first-order chi connectivity index (χ1) is 14.4. The third-order valence-corrected chi connectivity index (χ3v) is 5.03. The van der Waals surface area contributed by atoms with Gasteiger partial charge in [0.25, 0.3) is 11.8 Å². The molecule has 152 valence electrons. The van der Waals surface area contributed by atoms with Crippen LogP contribution in [0.15, 0.2) is 77.7 Å². The van der Waals surface area contributed by atoms with E-state index in [0.29, 0.717) is 16.9 Å². The fraction of sp³-hybridized carbons (Fsp3) is 0.0455. The molecule has 30 heavy (non-hydrogen) atoms. The molecule has 0 saturated carbocycles. The van der Waals surface area contributed by atoms with Gasteiger partial charge in [-0.3, -0.25) is 14.4 Å². The number of amides is 3. The van der Waals surface area contributed by atoms with Crippen molar-refractivity contribution in [2.45, 2.75) is 4.90 Å². The van der Waals surface area contributed by atoms with Gasteiger partial charge in [0.2, 0.25) is 5.91 Å². The quantitative estimate of drug-likeness (QED) is 0.502. The summed E-state index contributed by atoms with van der Waals surface area (Å²) in [5.74, 6) is -1.60. The number of carbonyl (C=O) groups excluding carboxylic acids is 3. The lowest BCUT2D eigenvalue weighted by Gasteiger charge is -2.10. The van der Waals surface area contributed by atoms with E-state index in [9.17, 15) is 18.8 Å². The van der Waals surface area contributed by atoms with Gasteiger partial charge in [-0.05, 0) is 54.6 Å². The SMILES string of the molecule is NC(=O)c1ccccc1NC(=O)CSc1cccc(NC(=O)c2ccc(F)cc2)c1. The number of hydrogen-bond acceptors (Lipinski definition) is 4. The van der Waals surface area contributed by atoms with Crippen LogP contribution in [0.3, 0.4) is 0 Å². The molecule has 3 amide bonds. The van der Waals surface area contributed by atoms with E-state index >= 15 is 0 Å². The Labute approximate surface area is 176 Å². The Balaban J connectivity index is 1.59. The van der Waals surface area contributed by atoms with Gasteiger partial charge in [0.15, 0.2) is 0 Å². The molecular weight excluding hydrogens is 405 g/mol. The number of nitrogens with one attached hydrogen (secondary N) is 2. The highest BCUT2D eigenvalue weighted by Crippen LogP contribution is 2.23. The van der Waals surface area contributed by atoms with E-state index in [-0.39, 0.29) is 23.1 Å². The molecule has 0 aliphatic heterocycles. The van der Waals surface area contributed by atoms with Gasteiger partial charge in [0.05, 0.1) is 17.0 Å². The second kappa shape index (κ2) is 9.71. The third-order valence-electron chi connectivity index (χ3n) is 4.03. The number of halogens is 1. The monoisotopic (exact) mass is 423 g/mol. The Kier molecular flexibility index (Phi) is 6.82. The third kappa shape index (κ3) is 5.68. The Bertz CT molecular complexity index is 1090. The van der Waals surface area contributed by atoms with Gasteiger partial charge in [0.1, 0.15) is 5.82 Å². The Morgan fingerprint density at radius 3 is 2.37 bits per heavy atom. The van der Waals surface area contributed by atoms with Crippen LogP contribution in [-0.2, 0) is 4.79 Å². The molecule has 0 aromatic heterocycles. The van der Waals surface area contributed by atoms with Gasteiger partial charge in [0, 0.05) is 16.1 Å². The zero-order chi connectivity index (χ0) is 21.5. The molecule has 0 unspecified atom stereocenters. The van der Waals surface area contributed by atoms with Crippen molar-refractivity contribution in [3.05, 3.63) is 89.7 Å². The minimum atomic E-state index is -0.622. The molecule has 3 aromatic rings. The average molecular weight is 423 g/mol. The maximum atomic E-state index is 13.0. The molecule has 0 aliphatic carbocycles. The van der Waals surface area contributed by atoms with E-state index in [1.54, 1.807) is 42.5 Å². The molecule has 8 heteroatoms. The lowest BCUT2D eigenvalue weighted by atomic mass is 10.1. The number of carbonyl (C=O) groups is 3. The predicted octanol–water partition coefficient (Wildman–Crippen LogP) is 3.91. The summed E-state index contributed by atoms with van der Waals surface area (Å²) in [5, 5.41) is 5.41. The summed E-state index contributed by atoms with van der Waals surface area (Å²) in [6, 6.07) is 18.8. The normalized spacial score (nSPS) is 10.3. The molecule has 4 N–H and O–H groups in total. The van der Waals surface area contributed by atoms with Gasteiger partial charge in [-0.25, -0.2) is 4.39 Å². The molecule has 6 nitrogen and oxygen atoms in total. The molecule has 0 fully saturated rings. The highest BCUT2D eigenvalue weighted by Gasteiger charge is 2.11. The molecule has 0 heterocycles. The van der Waals surface area contributed by atoms with Crippen LogP contribution in [0, 0.1) is 5.82 Å². The van der Waals surface area contributed by atoms with E-state index in [0.717, 1.165) is 4.90 Å². The van der Waals surface area contributed by atoms with E-state index in [1.165, 1.54) is 36.0 Å². The van der Waals surface area contributed by atoms with Crippen molar-refractivity contribution in [2.24, 2.45) is 5.73 Å². The van der Waals surface area contributed by atoms with Crippen LogP contribution >= 0.6 is 11.8 Å². The number of thioether (sulfide) groups is 1. The van der Waals surface area contributed by atoms with E-state index < -0.39 is 11.7 Å². The molecule has 0 atom stereocenters. The molecule has 0 bridgehead atoms. The number of anilines is 2. The maximum absolute atomic E-state index is 13.0. The first kappa shape index (κ1) is 21.1. The van der Waals surface area contributed by atoms with Crippen molar-refractivity contribution >= 4 is 40.9 Å². The van der Waals surface area contributed by atoms with Crippen molar-refractivity contribution in [3.63, 3.8) is 0 Å². The van der Waals surface area contributed by atoms with Crippen LogP contribution in [0.2, 0.25) is 0 Å². The summed E-state index contributed by atoms with van der Waals surface area (Å²) >= 11 is 1.27. The number of rotatable bonds is 7. The molecule has 3 rings (SSSR count). The van der Waals surface area contributed by atoms with Gasteiger partial charge in [-0.15, -0.1) is 11.8 Å². The minimum Gasteiger partial charge on any atom is -0.366 e. The summed E-state index contributed by atoms with van der Waals surface area (Å²) in [4.78, 5) is 36.7. The average Bonchev–Trinajstić information content (AvgIpc) is 2.73. The van der Waals surface area contributed by atoms with Gasteiger partial charge < -0.3 is 16.4 Å². The van der Waals surface area contributed by atoms with Crippen molar-refractivity contribution in [2.75, 3.05) is 16.4 Å². The van der Waals surface area contributed by atoms with Gasteiger partial charge >= 0.3 is 0 Å². The number of para-hydroxylation sites is 1. The number of nitrogens with two attached hydrogens (primary N) is 1. The van der Waals surface area contributed by atoms with Crippen molar-refractivity contribution in [3.8, 4) is 0 Å². The van der Waals surface area contributed by atoms with E-state index in [4.69, 9.17) is 5.73 Å². The molecule has 0 radical (unpaired) electrons. The second-order valence-electron chi connectivity index (χ2n) is 6.24. The zero-order valence-corrected chi connectivity index (χ0v) is 16.5. The smallest absolute Gasteiger partial charge is 0.255 e. The highest BCUT2D eigenvalue weighted by molar-refractivity contribution is 8.00. The van der Waals surface area contributed by atoms with Crippen molar-refractivity contribution < 1.29 is 18.8 Å². The zero-order valence-electron chi connectivity index (χ0n) is 15.7. The second-order valence-corrected chi connectivity index (χ2v) is 7.28. The van der Waals surface area contributed by atoms with Crippen LogP contribution in [-0.4, -0.2) is 23.5 Å². The summed E-state index contributed by atoms with van der Waals surface area (Å²) in [6.45, 7) is 0. The summed E-state index contributed by atoms with van der Waals surface area (Å²) < 4.78 is 13.0. The van der Waals surface area contributed by atoms with Crippen LogP contribution in [0.1, 0.15) is 20.7 Å². The molecule has 3 aromatic carbocycles. The highest BCUT2D eigenvalue weighted by atomic mass is 32.2. The molecular formula is C22H18FN3O3S. The topological polar surface area (TPSA) is 101 Å². The standard InChI is InChI=1S/C22H18FN3O3S/c23-15-10-8-14(9-11-15)22(29)25-16-4-3-5-17(12-16)30-13-20(27)26-19-7-2-1-6-18(19)21(24)28/h1-12H,13H2,(H2,24,28)(H,25,29)(H,26,27). The predicted molar refractivity (Wildman–Crippen MR) is 115 cm³/mol. The van der Waals surface area contributed by atoms with Crippen LogP contribution in [0.5, 0.6) is 0 Å². The van der Waals surface area contributed by atoms with Crippen molar-refractivity contribution in [1.82, 2.24) is 0 Å². The maximum Gasteiger partial charge on any atom is 0.255 e. The van der Waals surface area contributed by atoms with Crippen molar-refractivity contribution in [1.29, 1.82) is 0 Å². The first-order valence-electron chi connectivity index (χ1n) is 8.91.